The molecule has 0 spiro atoms. The number of rotatable bonds is 5. The molecule has 0 saturated carbocycles. The van der Waals surface area contributed by atoms with Gasteiger partial charge >= 0.3 is 0 Å². The summed E-state index contributed by atoms with van der Waals surface area (Å²) in [7, 11) is 0. The predicted octanol–water partition coefficient (Wildman–Crippen LogP) is 5.67. The number of hydrogen-bond donors (Lipinski definition) is 1. The van der Waals surface area contributed by atoms with Crippen LogP contribution in [0.1, 0.15) is 49.4 Å². The van der Waals surface area contributed by atoms with Gasteiger partial charge in [0.1, 0.15) is 0 Å². The Hall–Kier alpha value is -2.99. The van der Waals surface area contributed by atoms with E-state index in [1.807, 2.05) is 30.3 Å². The average molecular weight is 433 g/mol. The monoisotopic (exact) mass is 432 g/mol. The first-order chi connectivity index (χ1) is 14.8. The number of aryl methyl sites for hydroxylation is 2. The molecule has 0 radical (unpaired) electrons. The van der Waals surface area contributed by atoms with Crippen molar-refractivity contribution in [1.29, 1.82) is 0 Å². The maximum Gasteiger partial charge on any atom is 0.258 e. The molecular weight excluding hydrogens is 404 g/mol. The number of allylic oxidation sites excluding steroid dienone is 1. The van der Waals surface area contributed by atoms with Gasteiger partial charge in [-0.25, -0.2) is 0 Å². The third-order valence-corrected chi connectivity index (χ3v) is 6.03. The molecule has 160 valence electrons. The molecule has 2 aromatic carbocycles. The summed E-state index contributed by atoms with van der Waals surface area (Å²) in [6.07, 6.45) is 0. The molecule has 1 unspecified atom stereocenters. The van der Waals surface area contributed by atoms with Crippen LogP contribution in [0.5, 0.6) is 0 Å². The first-order valence-corrected chi connectivity index (χ1v) is 11.0. The fraction of sp³-hybridized carbons (Fsp3) is 0.320. The van der Waals surface area contributed by atoms with Crippen molar-refractivity contribution in [3.8, 4) is 11.4 Å². The summed E-state index contributed by atoms with van der Waals surface area (Å²) in [5.41, 5.74) is 6.56. The van der Waals surface area contributed by atoms with E-state index in [-0.39, 0.29) is 6.04 Å². The van der Waals surface area contributed by atoms with E-state index in [9.17, 15) is 0 Å². The van der Waals surface area contributed by atoms with Crippen molar-refractivity contribution in [2.45, 2.75) is 40.7 Å². The second kappa shape index (κ2) is 8.63. The van der Waals surface area contributed by atoms with Gasteiger partial charge < -0.3 is 14.7 Å². The van der Waals surface area contributed by atoms with Crippen molar-refractivity contribution in [3.63, 3.8) is 0 Å². The lowest BCUT2D eigenvalue weighted by molar-refractivity contribution is 0.386. The maximum atomic E-state index is 5.79. The summed E-state index contributed by atoms with van der Waals surface area (Å²) in [6.45, 7) is 11.5. The van der Waals surface area contributed by atoms with Crippen molar-refractivity contribution >= 4 is 22.9 Å². The third kappa shape index (κ3) is 4.26. The van der Waals surface area contributed by atoms with Crippen molar-refractivity contribution in [2.24, 2.45) is 5.92 Å². The van der Waals surface area contributed by atoms with E-state index in [4.69, 9.17) is 21.7 Å². The van der Waals surface area contributed by atoms with E-state index in [1.165, 1.54) is 11.1 Å². The first-order valence-electron chi connectivity index (χ1n) is 10.6. The summed E-state index contributed by atoms with van der Waals surface area (Å²) in [4.78, 5) is 6.90. The Bertz CT molecular complexity index is 1130. The molecule has 31 heavy (non-hydrogen) atoms. The summed E-state index contributed by atoms with van der Waals surface area (Å²) >= 11 is 5.76. The van der Waals surface area contributed by atoms with Crippen LogP contribution >= 0.6 is 12.2 Å². The number of nitrogens with one attached hydrogen (secondary N) is 1. The fourth-order valence-corrected chi connectivity index (χ4v) is 4.20. The fourth-order valence-electron chi connectivity index (χ4n) is 3.87. The van der Waals surface area contributed by atoms with Crippen LogP contribution in [0.4, 0.5) is 0 Å². The Labute approximate surface area is 189 Å². The molecule has 1 N–H and O–H groups in total. The van der Waals surface area contributed by atoms with E-state index in [0.717, 1.165) is 34.1 Å². The lowest BCUT2D eigenvalue weighted by Crippen LogP contribution is -2.47. The van der Waals surface area contributed by atoms with E-state index >= 15 is 0 Å². The minimum Gasteiger partial charge on any atom is -0.351 e. The Balaban J connectivity index is 1.83. The second-order valence-electron chi connectivity index (χ2n) is 8.52. The third-order valence-electron chi connectivity index (χ3n) is 5.70. The zero-order valence-corrected chi connectivity index (χ0v) is 19.5. The average Bonchev–Trinajstić information content (AvgIpc) is 3.23. The van der Waals surface area contributed by atoms with Gasteiger partial charge in [-0.1, -0.05) is 67.5 Å². The highest BCUT2D eigenvalue weighted by molar-refractivity contribution is 7.80. The van der Waals surface area contributed by atoms with Crippen molar-refractivity contribution in [1.82, 2.24) is 20.4 Å². The van der Waals surface area contributed by atoms with Crippen LogP contribution in [0.2, 0.25) is 0 Å². The molecule has 1 aliphatic rings. The molecule has 0 aliphatic carbocycles. The van der Waals surface area contributed by atoms with Crippen molar-refractivity contribution in [2.75, 3.05) is 6.54 Å². The summed E-state index contributed by atoms with van der Waals surface area (Å²) in [5.74, 6) is 1.55. The van der Waals surface area contributed by atoms with Crippen molar-refractivity contribution < 1.29 is 4.52 Å². The summed E-state index contributed by atoms with van der Waals surface area (Å²) < 4.78 is 5.79. The topological polar surface area (TPSA) is 54.2 Å². The molecule has 0 fully saturated rings. The highest BCUT2D eigenvalue weighted by Crippen LogP contribution is 2.38. The van der Waals surface area contributed by atoms with Crippen LogP contribution < -0.4 is 5.32 Å². The molecule has 0 bridgehead atoms. The minimum atomic E-state index is -0.153. The number of nitrogens with zero attached hydrogens (tertiary/aromatic N) is 3. The number of benzene rings is 2. The minimum absolute atomic E-state index is 0.153. The molecule has 0 saturated heterocycles. The largest absolute Gasteiger partial charge is 0.351 e. The van der Waals surface area contributed by atoms with Gasteiger partial charge in [0.05, 0.1) is 11.6 Å². The Morgan fingerprint density at radius 2 is 1.81 bits per heavy atom. The van der Waals surface area contributed by atoms with Gasteiger partial charge in [-0.15, -0.1) is 0 Å². The van der Waals surface area contributed by atoms with E-state index < -0.39 is 0 Å². The Kier molecular flexibility index (Phi) is 5.92. The maximum absolute atomic E-state index is 5.79. The van der Waals surface area contributed by atoms with E-state index in [1.54, 1.807) is 0 Å². The summed E-state index contributed by atoms with van der Waals surface area (Å²) in [5, 5.41) is 8.52. The van der Waals surface area contributed by atoms with Gasteiger partial charge in [0.25, 0.3) is 5.89 Å². The number of hydrogen-bond acceptors (Lipinski definition) is 4. The molecule has 0 amide bonds. The van der Waals surface area contributed by atoms with E-state index in [2.05, 4.69) is 68.2 Å². The molecule has 4 rings (SSSR count). The van der Waals surface area contributed by atoms with E-state index in [0.29, 0.717) is 17.6 Å². The van der Waals surface area contributed by atoms with Gasteiger partial charge in [-0.2, -0.15) is 4.98 Å². The van der Waals surface area contributed by atoms with Gasteiger partial charge in [0, 0.05) is 17.8 Å². The molecule has 1 aliphatic heterocycles. The molecule has 1 aromatic heterocycles. The van der Waals surface area contributed by atoms with Crippen LogP contribution in [0, 0.1) is 19.8 Å². The molecule has 2 heterocycles. The Morgan fingerprint density at radius 1 is 1.06 bits per heavy atom. The Morgan fingerprint density at radius 3 is 2.48 bits per heavy atom. The first kappa shape index (κ1) is 21.2. The smallest absolute Gasteiger partial charge is 0.258 e. The standard InChI is InChI=1S/C25H28N4OS/c1-15(2)14-29-18(5)21(24-27-23(28-30-24)19-9-7-6-8-10-19)22(26-25(29)31)20-12-11-16(3)17(4)13-20/h6-13,15,22H,14H2,1-5H3,(H,26,31). The van der Waals surface area contributed by atoms with Crippen LogP contribution in [0.3, 0.4) is 0 Å². The summed E-state index contributed by atoms with van der Waals surface area (Å²) in [6, 6.07) is 16.2. The predicted molar refractivity (Wildman–Crippen MR) is 128 cm³/mol. The van der Waals surface area contributed by atoms with Crippen LogP contribution in [-0.4, -0.2) is 26.7 Å². The van der Waals surface area contributed by atoms with Crippen LogP contribution in [0.25, 0.3) is 17.0 Å². The lowest BCUT2D eigenvalue weighted by atomic mass is 9.92. The lowest BCUT2D eigenvalue weighted by Gasteiger charge is -2.38. The highest BCUT2D eigenvalue weighted by Gasteiger charge is 2.34. The van der Waals surface area contributed by atoms with Crippen LogP contribution in [0.15, 0.2) is 58.8 Å². The van der Waals surface area contributed by atoms with Gasteiger partial charge in [-0.3, -0.25) is 0 Å². The van der Waals surface area contributed by atoms with Gasteiger partial charge in [0.2, 0.25) is 5.82 Å². The second-order valence-corrected chi connectivity index (χ2v) is 8.91. The molecule has 5 nitrogen and oxygen atoms in total. The molecule has 1 atom stereocenters. The van der Waals surface area contributed by atoms with Crippen LogP contribution in [-0.2, 0) is 0 Å². The zero-order chi connectivity index (χ0) is 22.1. The zero-order valence-electron chi connectivity index (χ0n) is 18.6. The van der Waals surface area contributed by atoms with Crippen molar-refractivity contribution in [3.05, 3.63) is 76.8 Å². The molecule has 3 aromatic rings. The number of thiocarbonyl (C=S) groups is 1. The normalized spacial score (nSPS) is 16.8. The SMILES string of the molecule is CC1=C(c2nc(-c3ccccc3)no2)C(c2ccc(C)c(C)c2)NC(=S)N1CC(C)C. The number of aromatic nitrogens is 2. The molecule has 6 heteroatoms. The highest BCUT2D eigenvalue weighted by atomic mass is 32.1. The van der Waals surface area contributed by atoms with Gasteiger partial charge in [-0.05, 0) is 55.6 Å². The quantitative estimate of drug-likeness (QED) is 0.524. The van der Waals surface area contributed by atoms with Gasteiger partial charge in [0.15, 0.2) is 5.11 Å². The molecular formula is C25H28N4OS.